The van der Waals surface area contributed by atoms with Crippen LogP contribution in [0.5, 0.6) is 0 Å². The van der Waals surface area contributed by atoms with E-state index in [2.05, 4.69) is 6.92 Å². The van der Waals surface area contributed by atoms with Crippen LogP contribution in [-0.4, -0.2) is 57.4 Å². The van der Waals surface area contributed by atoms with Crippen molar-refractivity contribution in [2.45, 2.75) is 95.7 Å². The van der Waals surface area contributed by atoms with Gasteiger partial charge in [0.05, 0.1) is 11.5 Å². The van der Waals surface area contributed by atoms with Gasteiger partial charge >= 0.3 is 6.09 Å². The van der Waals surface area contributed by atoms with Crippen molar-refractivity contribution in [3.05, 3.63) is 0 Å². The molecule has 6 heteroatoms. The third-order valence-corrected chi connectivity index (χ3v) is 7.48. The molecular weight excluding hydrogens is 346 g/mol. The van der Waals surface area contributed by atoms with E-state index in [9.17, 15) is 15.0 Å². The first-order valence-corrected chi connectivity index (χ1v) is 10.6. The largest absolute Gasteiger partial charge is 0.444 e. The number of carbonyl (C=O) groups is 1. The topological polar surface area (TPSA) is 79.2 Å². The van der Waals surface area contributed by atoms with Crippen molar-refractivity contribution < 1.29 is 24.5 Å². The highest BCUT2D eigenvalue weighted by atomic mass is 16.7. The summed E-state index contributed by atoms with van der Waals surface area (Å²) in [5.41, 5.74) is -2.10. The summed E-state index contributed by atoms with van der Waals surface area (Å²) in [7, 11) is 0. The quantitative estimate of drug-likeness (QED) is 0.674. The lowest BCUT2D eigenvalue weighted by Gasteiger charge is -2.54. The van der Waals surface area contributed by atoms with Crippen LogP contribution in [0.2, 0.25) is 0 Å². The van der Waals surface area contributed by atoms with Crippen LogP contribution in [0.15, 0.2) is 0 Å². The number of amides is 1. The molecule has 6 nitrogen and oxygen atoms in total. The number of hydrogen-bond donors (Lipinski definition) is 2. The fourth-order valence-corrected chi connectivity index (χ4v) is 6.72. The van der Waals surface area contributed by atoms with Crippen molar-refractivity contribution in [2.24, 2.45) is 17.3 Å². The molecule has 1 amide bonds. The minimum absolute atomic E-state index is 0.284. The summed E-state index contributed by atoms with van der Waals surface area (Å²) in [5.74, 6) is -0.531. The highest BCUT2D eigenvalue weighted by Gasteiger charge is 2.80. The van der Waals surface area contributed by atoms with Crippen molar-refractivity contribution in [1.82, 2.24) is 4.90 Å². The lowest BCUT2D eigenvalue weighted by atomic mass is 9.55. The standard InChI is InChI=1S/C21H35NO5/c1-14-11-15-12-16-20(24)8-6-10-22(17(23)27-18(2,3)4)9-5-7-19(15,20)21(25,13-14)26-16/h14-16,24-25H,5-13H2,1-4H3/t14-,15+,16-,19+,20-,21-/m1/s1. The van der Waals surface area contributed by atoms with Crippen LogP contribution in [0, 0.1) is 17.3 Å². The highest BCUT2D eigenvalue weighted by molar-refractivity contribution is 5.68. The highest BCUT2D eigenvalue weighted by Crippen LogP contribution is 2.72. The first kappa shape index (κ1) is 19.5. The van der Waals surface area contributed by atoms with Gasteiger partial charge in [-0.05, 0) is 71.1 Å². The second-order valence-electron chi connectivity index (χ2n) is 10.4. The Morgan fingerprint density at radius 1 is 1.15 bits per heavy atom. The Hall–Kier alpha value is -0.850. The minimum atomic E-state index is -1.23. The summed E-state index contributed by atoms with van der Waals surface area (Å²) in [6, 6.07) is 0. The van der Waals surface area contributed by atoms with Gasteiger partial charge in [-0.3, -0.25) is 0 Å². The second kappa shape index (κ2) is 6.07. The molecule has 2 N–H and O–H groups in total. The molecule has 2 aliphatic carbocycles. The van der Waals surface area contributed by atoms with Gasteiger partial charge in [-0.25, -0.2) is 4.79 Å². The van der Waals surface area contributed by atoms with Crippen LogP contribution in [-0.2, 0) is 9.47 Å². The van der Waals surface area contributed by atoms with E-state index in [1.54, 1.807) is 4.90 Å². The van der Waals surface area contributed by atoms with Gasteiger partial charge in [0.1, 0.15) is 11.2 Å². The van der Waals surface area contributed by atoms with E-state index in [0.29, 0.717) is 50.6 Å². The molecule has 4 fully saturated rings. The molecule has 2 saturated heterocycles. The Morgan fingerprint density at radius 3 is 2.44 bits per heavy atom. The maximum atomic E-state index is 12.5. The predicted octanol–water partition coefficient (Wildman–Crippen LogP) is 3.05. The van der Waals surface area contributed by atoms with E-state index in [1.807, 2.05) is 20.8 Å². The Morgan fingerprint density at radius 2 is 1.81 bits per heavy atom. The van der Waals surface area contributed by atoms with Crippen LogP contribution < -0.4 is 0 Å². The van der Waals surface area contributed by atoms with Crippen molar-refractivity contribution in [2.75, 3.05) is 13.1 Å². The summed E-state index contributed by atoms with van der Waals surface area (Å²) in [4.78, 5) is 14.3. The number of rotatable bonds is 0. The SMILES string of the molecule is C[C@@H]1C[C@H]2C[C@H]3O[C@](O)(C1)[C@@]21CCCN(C(=O)OC(C)(C)C)CCC[C@@]31O. The monoisotopic (exact) mass is 381 g/mol. The normalized spacial score (nSPS) is 47.0. The molecule has 154 valence electrons. The predicted molar refractivity (Wildman–Crippen MR) is 100.0 cm³/mol. The third-order valence-electron chi connectivity index (χ3n) is 7.48. The van der Waals surface area contributed by atoms with Gasteiger partial charge in [0, 0.05) is 19.5 Å². The Bertz CT molecular complexity index is 618. The Kier molecular flexibility index (Phi) is 4.38. The molecule has 0 aromatic rings. The maximum Gasteiger partial charge on any atom is 0.410 e. The molecular formula is C21H35NO5. The van der Waals surface area contributed by atoms with Crippen LogP contribution in [0.25, 0.3) is 0 Å². The molecule has 0 aromatic carbocycles. The first-order valence-electron chi connectivity index (χ1n) is 10.6. The van der Waals surface area contributed by atoms with Gasteiger partial charge < -0.3 is 24.6 Å². The van der Waals surface area contributed by atoms with Gasteiger partial charge in [-0.1, -0.05) is 6.92 Å². The van der Waals surface area contributed by atoms with E-state index < -0.39 is 22.4 Å². The summed E-state index contributed by atoms with van der Waals surface area (Å²) in [6.45, 7) is 8.96. The fourth-order valence-electron chi connectivity index (χ4n) is 6.72. The first-order chi connectivity index (χ1) is 12.5. The molecule has 1 spiro atoms. The van der Waals surface area contributed by atoms with Crippen molar-refractivity contribution in [3.63, 3.8) is 0 Å². The van der Waals surface area contributed by atoms with E-state index >= 15 is 0 Å². The zero-order chi connectivity index (χ0) is 19.7. The molecule has 4 aliphatic rings. The lowest BCUT2D eigenvalue weighted by molar-refractivity contribution is -0.307. The number of nitrogens with zero attached hydrogens (tertiary/aromatic N) is 1. The van der Waals surface area contributed by atoms with Gasteiger partial charge in [0.15, 0.2) is 5.79 Å². The summed E-state index contributed by atoms with van der Waals surface area (Å²) in [5, 5.41) is 23.3. The second-order valence-corrected chi connectivity index (χ2v) is 10.4. The molecule has 27 heavy (non-hydrogen) atoms. The van der Waals surface area contributed by atoms with E-state index in [1.165, 1.54) is 0 Å². The fraction of sp³-hybridized carbons (Fsp3) is 0.952. The number of aliphatic hydroxyl groups is 2. The number of hydrogen-bond acceptors (Lipinski definition) is 5. The summed E-state index contributed by atoms with van der Waals surface area (Å²) < 4.78 is 11.7. The molecule has 4 rings (SSSR count). The molecule has 0 unspecified atom stereocenters. The average molecular weight is 382 g/mol. The molecule has 2 saturated carbocycles. The smallest absolute Gasteiger partial charge is 0.410 e. The molecule has 0 radical (unpaired) electrons. The molecule has 0 aromatic heterocycles. The van der Waals surface area contributed by atoms with Gasteiger partial charge in [-0.15, -0.1) is 0 Å². The third kappa shape index (κ3) is 2.74. The van der Waals surface area contributed by atoms with Gasteiger partial charge in [0.25, 0.3) is 0 Å². The van der Waals surface area contributed by atoms with Crippen molar-refractivity contribution in [3.8, 4) is 0 Å². The number of ether oxygens (including phenoxy) is 2. The molecule has 2 bridgehead atoms. The van der Waals surface area contributed by atoms with Crippen LogP contribution in [0.4, 0.5) is 4.79 Å². The van der Waals surface area contributed by atoms with Crippen LogP contribution in [0.3, 0.4) is 0 Å². The van der Waals surface area contributed by atoms with Crippen LogP contribution in [0.1, 0.15) is 72.6 Å². The zero-order valence-corrected chi connectivity index (χ0v) is 17.2. The summed E-state index contributed by atoms with van der Waals surface area (Å²) >= 11 is 0. The van der Waals surface area contributed by atoms with Gasteiger partial charge in [-0.2, -0.15) is 0 Å². The lowest BCUT2D eigenvalue weighted by Crippen LogP contribution is -2.61. The summed E-state index contributed by atoms with van der Waals surface area (Å²) in [6.07, 6.45) is 4.59. The Balaban J connectivity index is 1.58. The Labute approximate surface area is 162 Å². The van der Waals surface area contributed by atoms with E-state index in [-0.39, 0.29) is 12.2 Å². The molecule has 2 aliphatic heterocycles. The average Bonchev–Trinajstić information content (AvgIpc) is 2.86. The van der Waals surface area contributed by atoms with Crippen LogP contribution >= 0.6 is 0 Å². The van der Waals surface area contributed by atoms with Crippen molar-refractivity contribution in [1.29, 1.82) is 0 Å². The maximum absolute atomic E-state index is 12.5. The minimum Gasteiger partial charge on any atom is -0.444 e. The van der Waals surface area contributed by atoms with E-state index in [0.717, 1.165) is 19.3 Å². The van der Waals surface area contributed by atoms with Crippen molar-refractivity contribution >= 4 is 6.09 Å². The number of carbonyl (C=O) groups excluding carboxylic acids is 1. The van der Waals surface area contributed by atoms with Gasteiger partial charge in [0.2, 0.25) is 0 Å². The zero-order valence-electron chi connectivity index (χ0n) is 17.2. The molecule has 6 atom stereocenters. The van der Waals surface area contributed by atoms with E-state index in [4.69, 9.17) is 9.47 Å². The molecule has 2 heterocycles.